The van der Waals surface area contributed by atoms with Crippen LogP contribution in [-0.2, 0) is 6.54 Å². The number of oxazole rings is 1. The van der Waals surface area contributed by atoms with Crippen LogP contribution in [0.15, 0.2) is 53.5 Å². The zero-order chi connectivity index (χ0) is 12.2. The number of nitrogens with zero attached hydrogens (tertiary/aromatic N) is 2. The lowest BCUT2D eigenvalue weighted by Crippen LogP contribution is -1.99. The third kappa shape index (κ3) is 2.24. The van der Waals surface area contributed by atoms with Crippen molar-refractivity contribution in [2.75, 3.05) is 5.32 Å². The number of aromatic amines is 1. The van der Waals surface area contributed by atoms with Gasteiger partial charge in [0.1, 0.15) is 0 Å². The molecule has 2 heterocycles. The van der Waals surface area contributed by atoms with E-state index in [2.05, 4.69) is 20.5 Å². The van der Waals surface area contributed by atoms with Crippen molar-refractivity contribution in [2.45, 2.75) is 6.54 Å². The molecule has 0 saturated carbocycles. The molecular formula is C13H12N4O. The second-order valence-corrected chi connectivity index (χ2v) is 3.88. The molecule has 3 rings (SSSR count). The number of nitrogens with one attached hydrogen (secondary N) is 2. The molecule has 5 heteroatoms. The van der Waals surface area contributed by atoms with Crippen LogP contribution in [0.1, 0.15) is 5.69 Å². The van der Waals surface area contributed by atoms with Gasteiger partial charge < -0.3 is 9.73 Å². The summed E-state index contributed by atoms with van der Waals surface area (Å²) in [5.41, 5.74) is 3.07. The standard InChI is InChI=1S/C13H12N4O/c1-2-10(13-8-14-9-18-13)6-11(3-1)15-7-12-4-5-16-17-12/h1-6,8-9,15H,7H2,(H,16,17). The van der Waals surface area contributed by atoms with Crippen LogP contribution in [0.4, 0.5) is 5.69 Å². The van der Waals surface area contributed by atoms with E-state index < -0.39 is 0 Å². The van der Waals surface area contributed by atoms with Gasteiger partial charge in [-0.05, 0) is 18.2 Å². The summed E-state index contributed by atoms with van der Waals surface area (Å²) in [5.74, 6) is 0.764. The van der Waals surface area contributed by atoms with Crippen molar-refractivity contribution >= 4 is 5.69 Å². The molecule has 5 nitrogen and oxygen atoms in total. The van der Waals surface area contributed by atoms with Gasteiger partial charge in [0.2, 0.25) is 0 Å². The minimum Gasteiger partial charge on any atom is -0.444 e. The van der Waals surface area contributed by atoms with Gasteiger partial charge in [0.25, 0.3) is 0 Å². The summed E-state index contributed by atoms with van der Waals surface area (Å²) < 4.78 is 5.27. The van der Waals surface area contributed by atoms with E-state index in [4.69, 9.17) is 4.42 Å². The molecule has 2 aromatic heterocycles. The van der Waals surface area contributed by atoms with Crippen molar-refractivity contribution in [3.63, 3.8) is 0 Å². The first kappa shape index (κ1) is 10.6. The molecule has 0 unspecified atom stereocenters. The van der Waals surface area contributed by atoms with Crippen LogP contribution in [-0.4, -0.2) is 15.2 Å². The van der Waals surface area contributed by atoms with Crippen LogP contribution >= 0.6 is 0 Å². The molecule has 18 heavy (non-hydrogen) atoms. The van der Waals surface area contributed by atoms with Crippen molar-refractivity contribution in [3.8, 4) is 11.3 Å². The fourth-order valence-corrected chi connectivity index (χ4v) is 1.72. The Hall–Kier alpha value is -2.56. The average Bonchev–Trinajstić information content (AvgIpc) is 3.10. The summed E-state index contributed by atoms with van der Waals surface area (Å²) in [6.45, 7) is 0.708. The molecule has 0 saturated heterocycles. The minimum atomic E-state index is 0.708. The average molecular weight is 240 g/mol. The zero-order valence-electron chi connectivity index (χ0n) is 9.63. The van der Waals surface area contributed by atoms with Crippen LogP contribution in [0.25, 0.3) is 11.3 Å². The number of anilines is 1. The Morgan fingerprint density at radius 2 is 2.28 bits per heavy atom. The highest BCUT2D eigenvalue weighted by Crippen LogP contribution is 2.22. The van der Waals surface area contributed by atoms with Crippen LogP contribution < -0.4 is 5.32 Å². The van der Waals surface area contributed by atoms with E-state index in [1.54, 1.807) is 12.4 Å². The molecular weight excluding hydrogens is 228 g/mol. The SMILES string of the molecule is c1cc(NCc2ccn[nH]2)cc(-c2cnco2)c1. The van der Waals surface area contributed by atoms with Crippen molar-refractivity contribution in [1.29, 1.82) is 0 Å². The van der Waals surface area contributed by atoms with Gasteiger partial charge in [-0.15, -0.1) is 0 Å². The van der Waals surface area contributed by atoms with Gasteiger partial charge in [0, 0.05) is 17.4 Å². The molecule has 0 aliphatic carbocycles. The van der Waals surface area contributed by atoms with Crippen LogP contribution in [0.2, 0.25) is 0 Å². The summed E-state index contributed by atoms with van der Waals surface area (Å²) >= 11 is 0. The lowest BCUT2D eigenvalue weighted by atomic mass is 10.1. The number of H-pyrrole nitrogens is 1. The maximum absolute atomic E-state index is 5.27. The largest absolute Gasteiger partial charge is 0.444 e. The summed E-state index contributed by atoms with van der Waals surface area (Å²) in [4.78, 5) is 3.91. The van der Waals surface area contributed by atoms with Crippen LogP contribution in [0.5, 0.6) is 0 Å². The second kappa shape index (κ2) is 4.75. The van der Waals surface area contributed by atoms with Gasteiger partial charge in [-0.25, -0.2) is 4.98 Å². The molecule has 0 aliphatic heterocycles. The number of aromatic nitrogens is 3. The predicted molar refractivity (Wildman–Crippen MR) is 67.9 cm³/mol. The fraction of sp³-hybridized carbons (Fsp3) is 0.0769. The van der Waals surface area contributed by atoms with Crippen molar-refractivity contribution < 1.29 is 4.42 Å². The second-order valence-electron chi connectivity index (χ2n) is 3.88. The van der Waals surface area contributed by atoms with E-state index >= 15 is 0 Å². The van der Waals surface area contributed by atoms with E-state index in [0.717, 1.165) is 22.7 Å². The summed E-state index contributed by atoms with van der Waals surface area (Å²) in [6.07, 6.45) is 4.87. The number of benzene rings is 1. The topological polar surface area (TPSA) is 66.7 Å². The lowest BCUT2D eigenvalue weighted by Gasteiger charge is -2.05. The Balaban J connectivity index is 1.75. The van der Waals surface area contributed by atoms with Crippen LogP contribution in [0, 0.1) is 0 Å². The molecule has 0 bridgehead atoms. The normalized spacial score (nSPS) is 10.4. The van der Waals surface area contributed by atoms with Gasteiger partial charge in [-0.2, -0.15) is 5.10 Å². The molecule has 0 amide bonds. The minimum absolute atomic E-state index is 0.708. The highest BCUT2D eigenvalue weighted by atomic mass is 16.3. The van der Waals surface area contributed by atoms with Gasteiger partial charge in [-0.3, -0.25) is 5.10 Å². The Labute approximate surface area is 104 Å². The first-order valence-electron chi connectivity index (χ1n) is 5.63. The van der Waals surface area contributed by atoms with Gasteiger partial charge in [0.05, 0.1) is 18.4 Å². The maximum atomic E-state index is 5.27. The first-order valence-corrected chi connectivity index (χ1v) is 5.63. The fourth-order valence-electron chi connectivity index (χ4n) is 1.72. The number of hydrogen-bond acceptors (Lipinski definition) is 4. The third-order valence-corrected chi connectivity index (χ3v) is 2.62. The molecule has 0 fully saturated rings. The summed E-state index contributed by atoms with van der Waals surface area (Å²) in [5, 5.41) is 10.1. The molecule has 0 aliphatic rings. The van der Waals surface area contributed by atoms with Gasteiger partial charge in [-0.1, -0.05) is 12.1 Å². The van der Waals surface area contributed by atoms with Crippen molar-refractivity contribution in [2.24, 2.45) is 0 Å². The van der Waals surface area contributed by atoms with E-state index in [9.17, 15) is 0 Å². The Morgan fingerprint density at radius 3 is 3.06 bits per heavy atom. The molecule has 2 N–H and O–H groups in total. The molecule has 90 valence electrons. The molecule has 0 radical (unpaired) electrons. The Morgan fingerprint density at radius 1 is 1.28 bits per heavy atom. The molecule has 0 spiro atoms. The molecule has 3 aromatic rings. The molecule has 1 aromatic carbocycles. The molecule has 0 atom stereocenters. The van der Waals surface area contributed by atoms with E-state index in [0.29, 0.717) is 6.54 Å². The Kier molecular flexibility index (Phi) is 2.79. The van der Waals surface area contributed by atoms with Crippen molar-refractivity contribution in [3.05, 3.63) is 54.8 Å². The van der Waals surface area contributed by atoms with Crippen molar-refractivity contribution in [1.82, 2.24) is 15.2 Å². The first-order chi connectivity index (χ1) is 8.92. The predicted octanol–water partition coefficient (Wildman–Crippen LogP) is 2.68. The number of rotatable bonds is 4. The van der Waals surface area contributed by atoms with Gasteiger partial charge in [0.15, 0.2) is 12.2 Å². The summed E-state index contributed by atoms with van der Waals surface area (Å²) in [7, 11) is 0. The van der Waals surface area contributed by atoms with Gasteiger partial charge >= 0.3 is 0 Å². The van der Waals surface area contributed by atoms with Crippen LogP contribution in [0.3, 0.4) is 0 Å². The number of hydrogen-bond donors (Lipinski definition) is 2. The smallest absolute Gasteiger partial charge is 0.181 e. The van der Waals surface area contributed by atoms with E-state index in [1.807, 2.05) is 30.3 Å². The van der Waals surface area contributed by atoms with E-state index in [-0.39, 0.29) is 0 Å². The Bertz CT molecular complexity index is 602. The highest BCUT2D eigenvalue weighted by Gasteiger charge is 2.02. The third-order valence-electron chi connectivity index (χ3n) is 2.62. The monoisotopic (exact) mass is 240 g/mol. The maximum Gasteiger partial charge on any atom is 0.181 e. The summed E-state index contributed by atoms with van der Waals surface area (Å²) in [6, 6.07) is 9.94. The lowest BCUT2D eigenvalue weighted by molar-refractivity contribution is 0.572. The van der Waals surface area contributed by atoms with E-state index in [1.165, 1.54) is 6.39 Å². The quantitative estimate of drug-likeness (QED) is 0.735. The zero-order valence-corrected chi connectivity index (χ0v) is 9.63. The highest BCUT2D eigenvalue weighted by molar-refractivity contribution is 5.63.